The summed E-state index contributed by atoms with van der Waals surface area (Å²) in [4.78, 5) is 16.3. The number of nitrogens with zero attached hydrogens (tertiary/aromatic N) is 2. The molecule has 1 heterocycles. The minimum absolute atomic E-state index is 0. The largest absolute Gasteiger partial charge is 0.349 e. The fraction of sp³-hybridized carbons (Fsp3) is 0.333. The van der Waals surface area contributed by atoms with Gasteiger partial charge in [-0.2, -0.15) is 0 Å². The van der Waals surface area contributed by atoms with Gasteiger partial charge in [-0.05, 0) is 30.9 Å². The van der Waals surface area contributed by atoms with E-state index in [2.05, 4.69) is 10.3 Å². The number of aromatic nitrogens is 2. The highest BCUT2D eigenvalue weighted by Gasteiger charge is 2.28. The minimum atomic E-state index is -0.137. The Balaban J connectivity index is 0.00000121. The Morgan fingerprint density at radius 3 is 2.64 bits per heavy atom. The summed E-state index contributed by atoms with van der Waals surface area (Å²) in [7, 11) is 0. The first-order chi connectivity index (χ1) is 9.75. The van der Waals surface area contributed by atoms with Crippen molar-refractivity contribution in [2.45, 2.75) is 18.9 Å². The molecule has 2 aromatic rings. The Morgan fingerprint density at radius 2 is 2.00 bits per heavy atom. The molecule has 3 rings (SSSR count). The van der Waals surface area contributed by atoms with Gasteiger partial charge in [0.15, 0.2) is 0 Å². The molecule has 0 aliphatic heterocycles. The van der Waals surface area contributed by atoms with Gasteiger partial charge in [0.2, 0.25) is 0 Å². The first kappa shape index (κ1) is 18.5. The Labute approximate surface area is 142 Å². The van der Waals surface area contributed by atoms with Gasteiger partial charge in [0.05, 0.1) is 12.5 Å². The highest BCUT2D eigenvalue weighted by molar-refractivity contribution is 5.93. The number of amides is 1. The number of para-hydroxylation sites is 1. The summed E-state index contributed by atoms with van der Waals surface area (Å²) in [6, 6.07) is 9.74. The van der Waals surface area contributed by atoms with Crippen LogP contribution in [-0.4, -0.2) is 28.0 Å². The lowest BCUT2D eigenvalue weighted by molar-refractivity contribution is 0.0943. The maximum Gasteiger partial charge on any atom is 0.269 e. The van der Waals surface area contributed by atoms with Crippen molar-refractivity contribution in [2.75, 3.05) is 6.54 Å². The smallest absolute Gasteiger partial charge is 0.269 e. The predicted octanol–water partition coefficient (Wildman–Crippen LogP) is 2.18. The van der Waals surface area contributed by atoms with Crippen LogP contribution in [0.5, 0.6) is 0 Å². The van der Waals surface area contributed by atoms with Gasteiger partial charge in [0.1, 0.15) is 5.69 Å². The molecule has 1 fully saturated rings. The SMILES string of the molecule is Cl.Cl.NC(CNC(=O)c1cncn1-c1ccccc1)C1CC1. The third kappa shape index (κ3) is 4.22. The molecule has 1 aromatic heterocycles. The van der Waals surface area contributed by atoms with Gasteiger partial charge in [-0.1, -0.05) is 18.2 Å². The molecule has 1 aromatic carbocycles. The molecule has 5 nitrogen and oxygen atoms in total. The first-order valence-electron chi connectivity index (χ1n) is 6.87. The van der Waals surface area contributed by atoms with E-state index in [9.17, 15) is 4.79 Å². The van der Waals surface area contributed by atoms with Crippen LogP contribution < -0.4 is 11.1 Å². The molecule has 1 aliphatic carbocycles. The molecule has 22 heavy (non-hydrogen) atoms. The zero-order valence-corrected chi connectivity index (χ0v) is 13.6. The number of benzene rings is 1. The van der Waals surface area contributed by atoms with Crippen LogP contribution in [0.3, 0.4) is 0 Å². The Hall–Kier alpha value is -1.56. The van der Waals surface area contributed by atoms with E-state index in [1.165, 1.54) is 12.8 Å². The summed E-state index contributed by atoms with van der Waals surface area (Å²) >= 11 is 0. The van der Waals surface area contributed by atoms with Crippen LogP contribution in [0.15, 0.2) is 42.9 Å². The van der Waals surface area contributed by atoms with Gasteiger partial charge >= 0.3 is 0 Å². The van der Waals surface area contributed by atoms with Crippen molar-refractivity contribution < 1.29 is 4.79 Å². The number of nitrogens with one attached hydrogen (secondary N) is 1. The third-order valence-corrected chi connectivity index (χ3v) is 3.63. The number of hydrogen-bond donors (Lipinski definition) is 2. The number of hydrogen-bond acceptors (Lipinski definition) is 3. The van der Waals surface area contributed by atoms with Crippen molar-refractivity contribution in [2.24, 2.45) is 11.7 Å². The van der Waals surface area contributed by atoms with E-state index in [0.29, 0.717) is 18.2 Å². The van der Waals surface area contributed by atoms with E-state index in [4.69, 9.17) is 5.73 Å². The van der Waals surface area contributed by atoms with E-state index in [1.54, 1.807) is 17.1 Å². The molecule has 0 spiro atoms. The van der Waals surface area contributed by atoms with Crippen molar-refractivity contribution in [3.05, 3.63) is 48.5 Å². The average Bonchev–Trinajstić information content (AvgIpc) is 3.22. The van der Waals surface area contributed by atoms with Gasteiger partial charge in [0.25, 0.3) is 5.91 Å². The topological polar surface area (TPSA) is 72.9 Å². The molecule has 120 valence electrons. The first-order valence-corrected chi connectivity index (χ1v) is 6.87. The molecule has 3 N–H and O–H groups in total. The molecule has 0 radical (unpaired) electrons. The molecular weight excluding hydrogens is 323 g/mol. The van der Waals surface area contributed by atoms with Crippen LogP contribution in [0.2, 0.25) is 0 Å². The van der Waals surface area contributed by atoms with E-state index in [1.807, 2.05) is 30.3 Å². The quantitative estimate of drug-likeness (QED) is 0.874. The van der Waals surface area contributed by atoms with Crippen molar-refractivity contribution >= 4 is 30.7 Å². The van der Waals surface area contributed by atoms with Crippen LogP contribution in [0.4, 0.5) is 0 Å². The van der Waals surface area contributed by atoms with Gasteiger partial charge < -0.3 is 11.1 Å². The van der Waals surface area contributed by atoms with Gasteiger partial charge in [-0.3, -0.25) is 9.36 Å². The van der Waals surface area contributed by atoms with Crippen LogP contribution in [0.25, 0.3) is 5.69 Å². The van der Waals surface area contributed by atoms with Crippen molar-refractivity contribution in [1.29, 1.82) is 0 Å². The van der Waals surface area contributed by atoms with E-state index >= 15 is 0 Å². The zero-order valence-electron chi connectivity index (χ0n) is 12.0. The highest BCUT2D eigenvalue weighted by atomic mass is 35.5. The van der Waals surface area contributed by atoms with E-state index in [0.717, 1.165) is 5.69 Å². The van der Waals surface area contributed by atoms with Crippen LogP contribution in [0.1, 0.15) is 23.3 Å². The van der Waals surface area contributed by atoms with Gasteiger partial charge in [-0.15, -0.1) is 24.8 Å². The summed E-state index contributed by atoms with van der Waals surface area (Å²) < 4.78 is 1.78. The molecule has 0 saturated heterocycles. The highest BCUT2D eigenvalue weighted by Crippen LogP contribution is 2.31. The van der Waals surface area contributed by atoms with Crippen LogP contribution >= 0.6 is 24.8 Å². The number of imidazole rings is 1. The fourth-order valence-electron chi connectivity index (χ4n) is 2.25. The van der Waals surface area contributed by atoms with Gasteiger partial charge in [-0.25, -0.2) is 4.98 Å². The summed E-state index contributed by atoms with van der Waals surface area (Å²) in [5.41, 5.74) is 7.44. The molecule has 1 unspecified atom stereocenters. The Bertz CT molecular complexity index is 599. The van der Waals surface area contributed by atoms with Crippen LogP contribution in [-0.2, 0) is 0 Å². The standard InChI is InChI=1S/C15H18N4O.2ClH/c16-13(11-6-7-11)8-18-15(20)14-9-17-10-19(14)12-4-2-1-3-5-12;;/h1-5,9-11,13H,6-8,16H2,(H,18,20);2*1H. The maximum absolute atomic E-state index is 12.2. The number of rotatable bonds is 5. The predicted molar refractivity (Wildman–Crippen MR) is 91.1 cm³/mol. The normalized spacial score (nSPS) is 14.4. The lowest BCUT2D eigenvalue weighted by Crippen LogP contribution is -2.39. The fourth-order valence-corrected chi connectivity index (χ4v) is 2.25. The number of carbonyl (C=O) groups excluding carboxylic acids is 1. The summed E-state index contributed by atoms with van der Waals surface area (Å²) in [6.07, 6.45) is 5.58. The number of halogens is 2. The second-order valence-corrected chi connectivity index (χ2v) is 5.20. The molecule has 1 amide bonds. The average molecular weight is 343 g/mol. The van der Waals surface area contributed by atoms with Gasteiger partial charge in [0, 0.05) is 18.3 Å². The summed E-state index contributed by atoms with van der Waals surface area (Å²) in [6.45, 7) is 0.517. The monoisotopic (exact) mass is 342 g/mol. The molecule has 1 atom stereocenters. The van der Waals surface area contributed by atoms with Crippen molar-refractivity contribution in [3.63, 3.8) is 0 Å². The second-order valence-electron chi connectivity index (χ2n) is 5.20. The lowest BCUT2D eigenvalue weighted by atomic mass is 10.2. The Morgan fingerprint density at radius 1 is 1.32 bits per heavy atom. The van der Waals surface area contributed by atoms with Crippen molar-refractivity contribution in [1.82, 2.24) is 14.9 Å². The summed E-state index contributed by atoms with van der Waals surface area (Å²) in [5.74, 6) is 0.441. The van der Waals surface area contributed by atoms with Crippen molar-refractivity contribution in [3.8, 4) is 5.69 Å². The summed E-state index contributed by atoms with van der Waals surface area (Å²) in [5, 5.41) is 2.89. The molecular formula is C15H20Cl2N4O. The maximum atomic E-state index is 12.2. The zero-order chi connectivity index (χ0) is 13.9. The molecule has 0 bridgehead atoms. The third-order valence-electron chi connectivity index (χ3n) is 3.63. The second kappa shape index (κ2) is 8.17. The number of carbonyl (C=O) groups is 1. The Kier molecular flexibility index (Phi) is 6.87. The number of nitrogens with two attached hydrogens (primary N) is 1. The van der Waals surface area contributed by atoms with Crippen LogP contribution in [0, 0.1) is 5.92 Å². The lowest BCUT2D eigenvalue weighted by Gasteiger charge is -2.12. The molecule has 7 heteroatoms. The molecule has 1 aliphatic rings. The minimum Gasteiger partial charge on any atom is -0.349 e. The molecule has 1 saturated carbocycles. The van der Waals surface area contributed by atoms with E-state index < -0.39 is 0 Å². The van der Waals surface area contributed by atoms with E-state index in [-0.39, 0.29) is 36.8 Å².